The number of amides is 1. The first-order chi connectivity index (χ1) is 11.7. The molecule has 1 aliphatic carbocycles. The number of aliphatic hydroxyl groups excluding tert-OH is 1. The van der Waals surface area contributed by atoms with E-state index in [1.165, 1.54) is 19.2 Å². The van der Waals surface area contributed by atoms with Crippen LogP contribution in [-0.4, -0.2) is 41.2 Å². The first-order valence-corrected chi connectivity index (χ1v) is 8.20. The minimum atomic E-state index is -0.256. The molecule has 0 radical (unpaired) electrons. The predicted molar refractivity (Wildman–Crippen MR) is 93.2 cm³/mol. The monoisotopic (exact) mass is 326 g/mol. The molecule has 2 N–H and O–H groups in total. The van der Waals surface area contributed by atoms with Gasteiger partial charge >= 0.3 is 0 Å². The maximum atomic E-state index is 12.4. The molecule has 1 aromatic carbocycles. The third kappa shape index (κ3) is 4.29. The SMILES string of the molecule is CN(CC1CC1)c1cc(C(=O)Nc2ccc(CCO)cc2)ncn1. The number of hydrogen-bond donors (Lipinski definition) is 2. The minimum Gasteiger partial charge on any atom is -0.396 e. The van der Waals surface area contributed by atoms with E-state index in [-0.39, 0.29) is 12.5 Å². The molecule has 1 amide bonds. The topological polar surface area (TPSA) is 78.4 Å². The Hall–Kier alpha value is -2.47. The molecule has 0 unspecified atom stereocenters. The lowest BCUT2D eigenvalue weighted by Crippen LogP contribution is -2.22. The lowest BCUT2D eigenvalue weighted by atomic mass is 10.1. The number of nitrogens with zero attached hydrogens (tertiary/aromatic N) is 3. The molecule has 126 valence electrons. The lowest BCUT2D eigenvalue weighted by molar-refractivity contribution is 0.102. The van der Waals surface area contributed by atoms with Crippen molar-refractivity contribution >= 4 is 17.4 Å². The highest BCUT2D eigenvalue weighted by molar-refractivity contribution is 6.03. The van der Waals surface area contributed by atoms with E-state index in [0.717, 1.165) is 23.8 Å². The Morgan fingerprint density at radius 3 is 2.71 bits per heavy atom. The van der Waals surface area contributed by atoms with Gasteiger partial charge in [-0.15, -0.1) is 0 Å². The molecule has 0 bridgehead atoms. The third-order valence-electron chi connectivity index (χ3n) is 4.12. The maximum absolute atomic E-state index is 12.4. The Kier molecular flexibility index (Phi) is 5.05. The van der Waals surface area contributed by atoms with Gasteiger partial charge in [0.2, 0.25) is 0 Å². The molecule has 2 aromatic rings. The van der Waals surface area contributed by atoms with Crippen LogP contribution in [0.3, 0.4) is 0 Å². The molecule has 6 heteroatoms. The van der Waals surface area contributed by atoms with Crippen molar-refractivity contribution in [3.05, 3.63) is 47.9 Å². The average Bonchev–Trinajstić information content (AvgIpc) is 3.41. The van der Waals surface area contributed by atoms with Gasteiger partial charge in [-0.05, 0) is 42.9 Å². The molecule has 3 rings (SSSR count). The van der Waals surface area contributed by atoms with E-state index in [1.807, 2.05) is 31.3 Å². The molecule has 1 aromatic heterocycles. The number of anilines is 2. The summed E-state index contributed by atoms with van der Waals surface area (Å²) in [7, 11) is 1.99. The van der Waals surface area contributed by atoms with E-state index in [1.54, 1.807) is 6.07 Å². The van der Waals surface area contributed by atoms with Gasteiger partial charge in [0.15, 0.2) is 0 Å². The van der Waals surface area contributed by atoms with Crippen LogP contribution in [0.2, 0.25) is 0 Å². The third-order valence-corrected chi connectivity index (χ3v) is 4.12. The van der Waals surface area contributed by atoms with Gasteiger partial charge in [-0.3, -0.25) is 4.79 Å². The summed E-state index contributed by atoms with van der Waals surface area (Å²) in [4.78, 5) is 22.8. The number of hydrogen-bond acceptors (Lipinski definition) is 5. The highest BCUT2D eigenvalue weighted by Gasteiger charge is 2.23. The lowest BCUT2D eigenvalue weighted by Gasteiger charge is -2.17. The molecule has 6 nitrogen and oxygen atoms in total. The van der Waals surface area contributed by atoms with E-state index in [2.05, 4.69) is 20.2 Å². The molecule has 0 saturated heterocycles. The normalized spacial score (nSPS) is 13.6. The second-order valence-electron chi connectivity index (χ2n) is 6.21. The number of aromatic nitrogens is 2. The molecule has 24 heavy (non-hydrogen) atoms. The zero-order valence-corrected chi connectivity index (χ0v) is 13.8. The zero-order chi connectivity index (χ0) is 16.9. The Bertz CT molecular complexity index is 698. The van der Waals surface area contributed by atoms with Crippen LogP contribution in [0, 0.1) is 5.92 Å². The number of benzene rings is 1. The summed E-state index contributed by atoms with van der Waals surface area (Å²) >= 11 is 0. The molecule has 1 aliphatic rings. The van der Waals surface area contributed by atoms with Crippen molar-refractivity contribution in [2.24, 2.45) is 5.92 Å². The van der Waals surface area contributed by atoms with E-state index in [9.17, 15) is 4.79 Å². The molecule has 1 saturated carbocycles. The predicted octanol–water partition coefficient (Wildman–Crippen LogP) is 2.11. The van der Waals surface area contributed by atoms with E-state index >= 15 is 0 Å². The first kappa shape index (κ1) is 16.4. The number of aliphatic hydroxyl groups is 1. The number of carbonyl (C=O) groups is 1. The second kappa shape index (κ2) is 7.40. The molecule has 1 fully saturated rings. The van der Waals surface area contributed by atoms with E-state index < -0.39 is 0 Å². The average molecular weight is 326 g/mol. The number of rotatable bonds is 7. The standard InChI is InChI=1S/C18H22N4O2/c1-22(11-14-2-3-14)17-10-16(19-12-20-17)18(24)21-15-6-4-13(5-7-15)8-9-23/h4-7,10,12,14,23H,2-3,8-9,11H2,1H3,(H,21,24). The summed E-state index contributed by atoms with van der Waals surface area (Å²) < 4.78 is 0. The quantitative estimate of drug-likeness (QED) is 0.815. The second-order valence-corrected chi connectivity index (χ2v) is 6.21. The zero-order valence-electron chi connectivity index (χ0n) is 13.8. The van der Waals surface area contributed by atoms with E-state index in [0.29, 0.717) is 17.8 Å². The fourth-order valence-electron chi connectivity index (χ4n) is 2.54. The minimum absolute atomic E-state index is 0.115. The molecular weight excluding hydrogens is 304 g/mol. The number of nitrogens with one attached hydrogen (secondary N) is 1. The van der Waals surface area contributed by atoms with Crippen molar-refractivity contribution in [3.8, 4) is 0 Å². The molecule has 1 heterocycles. The molecule has 0 spiro atoms. The van der Waals surface area contributed by atoms with Crippen LogP contribution in [0.15, 0.2) is 36.7 Å². The van der Waals surface area contributed by atoms with Crippen molar-refractivity contribution in [2.45, 2.75) is 19.3 Å². The maximum Gasteiger partial charge on any atom is 0.274 e. The highest BCUT2D eigenvalue weighted by atomic mass is 16.3. The van der Waals surface area contributed by atoms with Crippen molar-refractivity contribution in [1.82, 2.24) is 9.97 Å². The Morgan fingerprint density at radius 2 is 2.04 bits per heavy atom. The molecule has 0 aliphatic heterocycles. The Morgan fingerprint density at radius 1 is 1.29 bits per heavy atom. The summed E-state index contributed by atoms with van der Waals surface area (Å²) in [6, 6.07) is 9.15. The fraction of sp³-hybridized carbons (Fsp3) is 0.389. The van der Waals surface area contributed by atoms with Crippen LogP contribution < -0.4 is 10.2 Å². The fourth-order valence-corrected chi connectivity index (χ4v) is 2.54. The van der Waals surface area contributed by atoms with Gasteiger partial charge in [-0.25, -0.2) is 9.97 Å². The van der Waals surface area contributed by atoms with Crippen LogP contribution in [-0.2, 0) is 6.42 Å². The molecule has 0 atom stereocenters. The smallest absolute Gasteiger partial charge is 0.274 e. The van der Waals surface area contributed by atoms with Crippen LogP contribution >= 0.6 is 0 Å². The van der Waals surface area contributed by atoms with Gasteiger partial charge in [-0.2, -0.15) is 0 Å². The van der Waals surface area contributed by atoms with Gasteiger partial charge in [-0.1, -0.05) is 12.1 Å². The van der Waals surface area contributed by atoms with Crippen LogP contribution in [0.5, 0.6) is 0 Å². The Balaban J connectivity index is 1.65. The summed E-state index contributed by atoms with van der Waals surface area (Å²) in [5.74, 6) is 1.26. The van der Waals surface area contributed by atoms with Crippen molar-refractivity contribution in [1.29, 1.82) is 0 Å². The largest absolute Gasteiger partial charge is 0.396 e. The van der Waals surface area contributed by atoms with Gasteiger partial charge < -0.3 is 15.3 Å². The summed E-state index contributed by atoms with van der Waals surface area (Å²) in [6.45, 7) is 1.08. The van der Waals surface area contributed by atoms with Crippen molar-refractivity contribution in [2.75, 3.05) is 30.4 Å². The van der Waals surface area contributed by atoms with Gasteiger partial charge in [0, 0.05) is 32.0 Å². The summed E-state index contributed by atoms with van der Waals surface area (Å²) in [6.07, 6.45) is 4.58. The highest BCUT2D eigenvalue weighted by Crippen LogP contribution is 2.30. The van der Waals surface area contributed by atoms with E-state index in [4.69, 9.17) is 5.11 Å². The van der Waals surface area contributed by atoms with Crippen molar-refractivity contribution in [3.63, 3.8) is 0 Å². The van der Waals surface area contributed by atoms with Crippen LogP contribution in [0.25, 0.3) is 0 Å². The molecular formula is C18H22N4O2. The van der Waals surface area contributed by atoms with Gasteiger partial charge in [0.05, 0.1) is 0 Å². The van der Waals surface area contributed by atoms with Crippen LogP contribution in [0.1, 0.15) is 28.9 Å². The summed E-state index contributed by atoms with van der Waals surface area (Å²) in [5, 5.41) is 11.8. The summed E-state index contributed by atoms with van der Waals surface area (Å²) in [5.41, 5.74) is 2.08. The van der Waals surface area contributed by atoms with Gasteiger partial charge in [0.1, 0.15) is 17.8 Å². The number of carbonyl (C=O) groups excluding carboxylic acids is 1. The van der Waals surface area contributed by atoms with Crippen molar-refractivity contribution < 1.29 is 9.90 Å². The van der Waals surface area contributed by atoms with Crippen LogP contribution in [0.4, 0.5) is 11.5 Å². The van der Waals surface area contributed by atoms with Gasteiger partial charge in [0.25, 0.3) is 5.91 Å². The Labute approximate surface area is 141 Å². The first-order valence-electron chi connectivity index (χ1n) is 8.20.